The molecule has 0 aliphatic rings. The van der Waals surface area contributed by atoms with Crippen LogP contribution < -0.4 is 0 Å². The number of aromatic nitrogens is 3. The van der Waals surface area contributed by atoms with Crippen molar-refractivity contribution in [1.82, 2.24) is 14.8 Å². The van der Waals surface area contributed by atoms with Crippen molar-refractivity contribution in [3.63, 3.8) is 0 Å². The molecule has 0 saturated carbocycles. The highest BCUT2D eigenvalue weighted by Gasteiger charge is 2.10. The van der Waals surface area contributed by atoms with Gasteiger partial charge >= 0.3 is 0 Å². The molecule has 0 amide bonds. The van der Waals surface area contributed by atoms with E-state index in [9.17, 15) is 4.39 Å². The Kier molecular flexibility index (Phi) is 3.52. The van der Waals surface area contributed by atoms with Crippen LogP contribution in [0.5, 0.6) is 0 Å². The number of hydrogen-bond donors (Lipinski definition) is 0. The van der Waals surface area contributed by atoms with Crippen molar-refractivity contribution in [3.8, 4) is 22.4 Å². The van der Waals surface area contributed by atoms with Crippen molar-refractivity contribution in [2.24, 2.45) is 0 Å². The highest BCUT2D eigenvalue weighted by molar-refractivity contribution is 5.69. The second-order valence-electron chi connectivity index (χ2n) is 4.95. The van der Waals surface area contributed by atoms with Crippen LogP contribution in [0.1, 0.15) is 12.5 Å². The molecule has 0 fully saturated rings. The van der Waals surface area contributed by atoms with Crippen molar-refractivity contribution in [2.45, 2.75) is 20.4 Å². The van der Waals surface area contributed by atoms with E-state index in [4.69, 9.17) is 0 Å². The van der Waals surface area contributed by atoms with Crippen molar-refractivity contribution < 1.29 is 4.39 Å². The molecular formula is C17H16FN3. The van der Waals surface area contributed by atoms with Crippen LogP contribution in [0.15, 0.2) is 48.9 Å². The normalized spacial score (nSPS) is 10.8. The van der Waals surface area contributed by atoms with Gasteiger partial charge in [-0.15, -0.1) is 0 Å². The Morgan fingerprint density at radius 2 is 1.95 bits per heavy atom. The molecule has 0 aliphatic carbocycles. The van der Waals surface area contributed by atoms with Gasteiger partial charge < -0.3 is 0 Å². The Morgan fingerprint density at radius 3 is 2.62 bits per heavy atom. The second kappa shape index (κ2) is 5.48. The van der Waals surface area contributed by atoms with Gasteiger partial charge in [0.2, 0.25) is 0 Å². The first kappa shape index (κ1) is 13.5. The number of rotatable bonds is 3. The van der Waals surface area contributed by atoms with Crippen molar-refractivity contribution in [3.05, 3.63) is 60.3 Å². The van der Waals surface area contributed by atoms with Gasteiger partial charge in [-0.1, -0.05) is 12.1 Å². The fraction of sp³-hybridized carbons (Fsp3) is 0.176. The van der Waals surface area contributed by atoms with Gasteiger partial charge in [0.1, 0.15) is 5.82 Å². The quantitative estimate of drug-likeness (QED) is 0.724. The van der Waals surface area contributed by atoms with E-state index in [1.807, 2.05) is 43.1 Å². The second-order valence-corrected chi connectivity index (χ2v) is 4.95. The molecule has 0 spiro atoms. The Hall–Kier alpha value is -2.49. The number of hydrogen-bond acceptors (Lipinski definition) is 2. The molecule has 0 unspecified atom stereocenters. The minimum atomic E-state index is -0.250. The van der Waals surface area contributed by atoms with Crippen LogP contribution in [0.25, 0.3) is 22.4 Å². The molecule has 3 nitrogen and oxygen atoms in total. The highest BCUT2D eigenvalue weighted by atomic mass is 19.1. The average Bonchev–Trinajstić information content (AvgIpc) is 2.97. The number of nitrogens with zero attached hydrogens (tertiary/aromatic N) is 3. The summed E-state index contributed by atoms with van der Waals surface area (Å²) in [7, 11) is 0. The number of aryl methyl sites for hydroxylation is 2. The van der Waals surface area contributed by atoms with Gasteiger partial charge in [0.25, 0.3) is 0 Å². The van der Waals surface area contributed by atoms with Gasteiger partial charge in [-0.3, -0.25) is 9.67 Å². The predicted molar refractivity (Wildman–Crippen MR) is 81.3 cm³/mol. The first-order valence-electron chi connectivity index (χ1n) is 6.93. The van der Waals surface area contributed by atoms with Crippen LogP contribution >= 0.6 is 0 Å². The molecule has 0 N–H and O–H groups in total. The Morgan fingerprint density at radius 1 is 1.14 bits per heavy atom. The largest absolute Gasteiger partial charge is 0.272 e. The van der Waals surface area contributed by atoms with Crippen LogP contribution in [0.4, 0.5) is 4.39 Å². The lowest BCUT2D eigenvalue weighted by Crippen LogP contribution is -1.93. The van der Waals surface area contributed by atoms with Crippen LogP contribution in [0, 0.1) is 12.7 Å². The van der Waals surface area contributed by atoms with Gasteiger partial charge in [-0.2, -0.15) is 5.10 Å². The average molecular weight is 281 g/mol. The molecule has 0 atom stereocenters. The first-order valence-corrected chi connectivity index (χ1v) is 6.93. The summed E-state index contributed by atoms with van der Waals surface area (Å²) < 4.78 is 15.7. The molecule has 3 aromatic rings. The number of halogens is 1. The van der Waals surface area contributed by atoms with E-state index in [1.54, 1.807) is 18.3 Å². The maximum Gasteiger partial charge on any atom is 0.132 e. The third kappa shape index (κ3) is 2.57. The fourth-order valence-corrected chi connectivity index (χ4v) is 2.35. The van der Waals surface area contributed by atoms with Crippen LogP contribution in [-0.4, -0.2) is 14.8 Å². The molecule has 4 heteroatoms. The summed E-state index contributed by atoms with van der Waals surface area (Å²) >= 11 is 0. The SMILES string of the molecule is CCn1cc(-c2cnc(-c3ccccc3F)c(C)c2)cn1. The Bertz CT molecular complexity index is 777. The fourth-order valence-electron chi connectivity index (χ4n) is 2.35. The van der Waals surface area contributed by atoms with E-state index in [0.717, 1.165) is 23.2 Å². The predicted octanol–water partition coefficient (Wildman–Crippen LogP) is 4.08. The Balaban J connectivity index is 2.02. The van der Waals surface area contributed by atoms with Crippen LogP contribution in [0.2, 0.25) is 0 Å². The maximum atomic E-state index is 13.9. The summed E-state index contributed by atoms with van der Waals surface area (Å²) in [5.74, 6) is -0.250. The van der Waals surface area contributed by atoms with E-state index in [1.165, 1.54) is 6.07 Å². The van der Waals surface area contributed by atoms with Gasteiger partial charge in [-0.05, 0) is 37.6 Å². The topological polar surface area (TPSA) is 30.7 Å². The van der Waals surface area contributed by atoms with Gasteiger partial charge in [0.15, 0.2) is 0 Å². The summed E-state index contributed by atoms with van der Waals surface area (Å²) in [4.78, 5) is 4.44. The molecule has 106 valence electrons. The van der Waals surface area contributed by atoms with Crippen molar-refractivity contribution in [2.75, 3.05) is 0 Å². The molecule has 0 saturated heterocycles. The van der Waals surface area contributed by atoms with Crippen molar-refractivity contribution >= 4 is 0 Å². The summed E-state index contributed by atoms with van der Waals surface area (Å²) in [6.45, 7) is 4.82. The number of benzene rings is 1. The van der Waals surface area contributed by atoms with Gasteiger partial charge in [-0.25, -0.2) is 4.39 Å². The minimum absolute atomic E-state index is 0.250. The third-order valence-electron chi connectivity index (χ3n) is 3.50. The standard InChI is InChI=1S/C17H16FN3/c1-3-21-11-14(10-20-21)13-8-12(2)17(19-9-13)15-6-4-5-7-16(15)18/h4-11H,3H2,1-2H3. The zero-order valence-corrected chi connectivity index (χ0v) is 12.0. The molecule has 0 bridgehead atoms. The summed E-state index contributed by atoms with van der Waals surface area (Å²) in [6.07, 6.45) is 5.58. The van der Waals surface area contributed by atoms with E-state index in [2.05, 4.69) is 10.1 Å². The Labute approximate surface area is 123 Å². The zero-order valence-electron chi connectivity index (χ0n) is 12.0. The monoisotopic (exact) mass is 281 g/mol. The lowest BCUT2D eigenvalue weighted by atomic mass is 10.0. The zero-order chi connectivity index (χ0) is 14.8. The molecule has 21 heavy (non-hydrogen) atoms. The molecular weight excluding hydrogens is 265 g/mol. The number of pyridine rings is 1. The first-order chi connectivity index (χ1) is 10.2. The van der Waals surface area contributed by atoms with E-state index < -0.39 is 0 Å². The minimum Gasteiger partial charge on any atom is -0.272 e. The highest BCUT2D eigenvalue weighted by Crippen LogP contribution is 2.27. The van der Waals surface area contributed by atoms with E-state index >= 15 is 0 Å². The molecule has 1 aromatic carbocycles. The smallest absolute Gasteiger partial charge is 0.132 e. The van der Waals surface area contributed by atoms with E-state index in [0.29, 0.717) is 11.3 Å². The van der Waals surface area contributed by atoms with Crippen LogP contribution in [-0.2, 0) is 6.54 Å². The lowest BCUT2D eigenvalue weighted by molar-refractivity contribution is 0.630. The van der Waals surface area contributed by atoms with Gasteiger partial charge in [0, 0.05) is 35.6 Å². The van der Waals surface area contributed by atoms with Crippen LogP contribution in [0.3, 0.4) is 0 Å². The molecule has 3 rings (SSSR count). The molecule has 2 aromatic heterocycles. The van der Waals surface area contributed by atoms with E-state index in [-0.39, 0.29) is 5.82 Å². The molecule has 0 aliphatic heterocycles. The summed E-state index contributed by atoms with van der Waals surface area (Å²) in [5, 5.41) is 4.26. The third-order valence-corrected chi connectivity index (χ3v) is 3.50. The molecule has 2 heterocycles. The van der Waals surface area contributed by atoms with Gasteiger partial charge in [0.05, 0.1) is 11.9 Å². The van der Waals surface area contributed by atoms with Crippen molar-refractivity contribution in [1.29, 1.82) is 0 Å². The summed E-state index contributed by atoms with van der Waals surface area (Å²) in [6, 6.07) is 8.72. The lowest BCUT2D eigenvalue weighted by Gasteiger charge is -2.08. The summed E-state index contributed by atoms with van der Waals surface area (Å²) in [5.41, 5.74) is 4.17. The maximum absolute atomic E-state index is 13.9. The molecule has 0 radical (unpaired) electrons.